The average molecular weight is 392 g/mol. The van der Waals surface area contributed by atoms with Crippen molar-refractivity contribution in [2.24, 2.45) is 0 Å². The van der Waals surface area contributed by atoms with E-state index in [1.807, 2.05) is 42.5 Å². The van der Waals surface area contributed by atoms with E-state index in [2.05, 4.69) is 20.4 Å². The van der Waals surface area contributed by atoms with Crippen LogP contribution in [0.2, 0.25) is 0 Å². The lowest BCUT2D eigenvalue weighted by atomic mass is 10.1. The number of hydrogen-bond acceptors (Lipinski definition) is 5. The predicted octanol–water partition coefficient (Wildman–Crippen LogP) is 3.74. The number of carbonyl (C=O) groups is 2. The molecule has 1 amide bonds. The minimum absolute atomic E-state index is 0.172. The zero-order chi connectivity index (χ0) is 20.2. The normalized spacial score (nSPS) is 15.1. The number of piperidine rings is 1. The molecular formula is C22H24N4O3. The molecule has 1 aliphatic heterocycles. The van der Waals surface area contributed by atoms with E-state index < -0.39 is 12.1 Å². The van der Waals surface area contributed by atoms with Crippen molar-refractivity contribution < 1.29 is 14.3 Å². The van der Waals surface area contributed by atoms with Gasteiger partial charge in [-0.2, -0.15) is 5.10 Å². The zero-order valence-electron chi connectivity index (χ0n) is 16.4. The number of amides is 1. The molecular weight excluding hydrogens is 368 g/mol. The van der Waals surface area contributed by atoms with Crippen LogP contribution in [-0.4, -0.2) is 41.3 Å². The fraction of sp³-hybridized carbons (Fsp3) is 0.318. The molecule has 2 aromatic carbocycles. The van der Waals surface area contributed by atoms with Crippen molar-refractivity contribution in [2.45, 2.75) is 32.3 Å². The molecule has 0 aliphatic carbocycles. The average Bonchev–Trinajstić information content (AvgIpc) is 3.19. The number of aromatic nitrogens is 2. The Kier molecular flexibility index (Phi) is 5.46. The van der Waals surface area contributed by atoms with Gasteiger partial charge in [0, 0.05) is 29.9 Å². The van der Waals surface area contributed by atoms with Gasteiger partial charge in [-0.05, 0) is 56.5 Å². The first kappa shape index (κ1) is 19.0. The van der Waals surface area contributed by atoms with Crippen molar-refractivity contribution in [2.75, 3.05) is 23.3 Å². The SMILES string of the molecule is C[C@@H](OC(=O)c1n[nH]c2ccccc12)C(=O)Nc1ccc(N2CCCCC2)cc1. The third-order valence-electron chi connectivity index (χ3n) is 5.17. The number of H-pyrrole nitrogens is 1. The molecule has 7 heteroatoms. The smallest absolute Gasteiger partial charge is 0.360 e. The Morgan fingerprint density at radius 2 is 1.79 bits per heavy atom. The quantitative estimate of drug-likeness (QED) is 0.646. The largest absolute Gasteiger partial charge is 0.448 e. The fourth-order valence-corrected chi connectivity index (χ4v) is 3.54. The summed E-state index contributed by atoms with van der Waals surface area (Å²) in [5.41, 5.74) is 2.74. The van der Waals surface area contributed by atoms with E-state index in [1.165, 1.54) is 19.3 Å². The predicted molar refractivity (Wildman–Crippen MR) is 112 cm³/mol. The lowest BCUT2D eigenvalue weighted by Gasteiger charge is -2.28. The van der Waals surface area contributed by atoms with Crippen molar-refractivity contribution >= 4 is 34.2 Å². The van der Waals surface area contributed by atoms with Gasteiger partial charge in [0.2, 0.25) is 0 Å². The number of benzene rings is 2. The third-order valence-corrected chi connectivity index (χ3v) is 5.17. The molecule has 1 saturated heterocycles. The van der Waals surface area contributed by atoms with Crippen LogP contribution in [0.15, 0.2) is 48.5 Å². The van der Waals surface area contributed by atoms with Gasteiger partial charge in [0.05, 0.1) is 5.52 Å². The summed E-state index contributed by atoms with van der Waals surface area (Å²) in [7, 11) is 0. The molecule has 4 rings (SSSR count). The maximum atomic E-state index is 12.4. The highest BCUT2D eigenvalue weighted by molar-refractivity contribution is 6.03. The lowest BCUT2D eigenvalue weighted by molar-refractivity contribution is -0.123. The summed E-state index contributed by atoms with van der Waals surface area (Å²) in [4.78, 5) is 27.2. The first-order chi connectivity index (χ1) is 14.1. The molecule has 0 unspecified atom stereocenters. The van der Waals surface area contributed by atoms with Crippen LogP contribution in [-0.2, 0) is 9.53 Å². The molecule has 0 bridgehead atoms. The molecule has 2 N–H and O–H groups in total. The van der Waals surface area contributed by atoms with Crippen LogP contribution < -0.4 is 10.2 Å². The fourth-order valence-electron chi connectivity index (χ4n) is 3.54. The maximum absolute atomic E-state index is 12.4. The number of carbonyl (C=O) groups excluding carboxylic acids is 2. The molecule has 0 radical (unpaired) electrons. The molecule has 1 aliphatic rings. The van der Waals surface area contributed by atoms with Crippen molar-refractivity contribution in [3.63, 3.8) is 0 Å². The monoisotopic (exact) mass is 392 g/mol. The van der Waals surface area contributed by atoms with E-state index in [1.54, 1.807) is 13.0 Å². The summed E-state index contributed by atoms with van der Waals surface area (Å²) in [5, 5.41) is 10.3. The van der Waals surface area contributed by atoms with Crippen LogP contribution in [0.5, 0.6) is 0 Å². The highest BCUT2D eigenvalue weighted by atomic mass is 16.5. The number of rotatable bonds is 5. The van der Waals surface area contributed by atoms with E-state index in [0.29, 0.717) is 11.1 Å². The van der Waals surface area contributed by atoms with Crippen molar-refractivity contribution in [1.29, 1.82) is 0 Å². The Labute approximate surface area is 169 Å². The number of nitrogens with zero attached hydrogens (tertiary/aromatic N) is 2. The van der Waals surface area contributed by atoms with Crippen molar-refractivity contribution in [3.8, 4) is 0 Å². The maximum Gasteiger partial charge on any atom is 0.360 e. The summed E-state index contributed by atoms with van der Waals surface area (Å²) in [6.07, 6.45) is 2.77. The standard InChI is InChI=1S/C22H24N4O3/c1-15(29-22(28)20-18-7-3-4-8-19(18)24-25-20)21(27)23-16-9-11-17(12-10-16)26-13-5-2-6-14-26/h3-4,7-12,15H,2,5-6,13-14H2,1H3,(H,23,27)(H,24,25)/t15-/m1/s1. The second kappa shape index (κ2) is 8.34. The van der Waals surface area contributed by atoms with Gasteiger partial charge in [-0.15, -0.1) is 0 Å². The van der Waals surface area contributed by atoms with Gasteiger partial charge in [0.25, 0.3) is 5.91 Å². The number of esters is 1. The molecule has 29 heavy (non-hydrogen) atoms. The van der Waals surface area contributed by atoms with Gasteiger partial charge in [-0.25, -0.2) is 4.79 Å². The van der Waals surface area contributed by atoms with Crippen LogP contribution in [0.3, 0.4) is 0 Å². The number of hydrogen-bond donors (Lipinski definition) is 2. The van der Waals surface area contributed by atoms with Gasteiger partial charge in [0.1, 0.15) is 0 Å². The minimum atomic E-state index is -0.945. The molecule has 1 atom stereocenters. The Hall–Kier alpha value is -3.35. The zero-order valence-corrected chi connectivity index (χ0v) is 16.4. The molecule has 7 nitrogen and oxygen atoms in total. The van der Waals surface area contributed by atoms with Crippen LogP contribution >= 0.6 is 0 Å². The second-order valence-corrected chi connectivity index (χ2v) is 7.25. The first-order valence-electron chi connectivity index (χ1n) is 9.92. The van der Waals surface area contributed by atoms with Gasteiger partial charge in [0.15, 0.2) is 11.8 Å². The van der Waals surface area contributed by atoms with E-state index in [0.717, 1.165) is 24.3 Å². The second-order valence-electron chi connectivity index (χ2n) is 7.25. The van der Waals surface area contributed by atoms with E-state index in [-0.39, 0.29) is 11.6 Å². The molecule has 0 spiro atoms. The van der Waals surface area contributed by atoms with Crippen molar-refractivity contribution in [1.82, 2.24) is 10.2 Å². The lowest BCUT2D eigenvalue weighted by Crippen LogP contribution is -2.30. The Balaban J connectivity index is 1.36. The Morgan fingerprint density at radius 1 is 1.07 bits per heavy atom. The number of para-hydroxylation sites is 1. The summed E-state index contributed by atoms with van der Waals surface area (Å²) in [6.45, 7) is 3.69. The molecule has 150 valence electrons. The molecule has 0 saturated carbocycles. The van der Waals surface area contributed by atoms with Gasteiger partial charge < -0.3 is 15.0 Å². The minimum Gasteiger partial charge on any atom is -0.448 e. The molecule has 2 heterocycles. The number of anilines is 2. The Bertz CT molecular complexity index is 1010. The summed E-state index contributed by atoms with van der Waals surface area (Å²) >= 11 is 0. The van der Waals surface area contributed by atoms with Gasteiger partial charge in [-0.3, -0.25) is 9.89 Å². The van der Waals surface area contributed by atoms with E-state index in [4.69, 9.17) is 4.74 Å². The topological polar surface area (TPSA) is 87.3 Å². The summed E-state index contributed by atoms with van der Waals surface area (Å²) in [6, 6.07) is 15.0. The van der Waals surface area contributed by atoms with E-state index >= 15 is 0 Å². The highest BCUT2D eigenvalue weighted by Crippen LogP contribution is 2.22. The van der Waals surface area contributed by atoms with Crippen LogP contribution in [0.25, 0.3) is 10.9 Å². The number of ether oxygens (including phenoxy) is 1. The highest BCUT2D eigenvalue weighted by Gasteiger charge is 2.22. The number of aromatic amines is 1. The van der Waals surface area contributed by atoms with Gasteiger partial charge >= 0.3 is 5.97 Å². The number of nitrogens with one attached hydrogen (secondary N) is 2. The van der Waals surface area contributed by atoms with Crippen LogP contribution in [0, 0.1) is 0 Å². The van der Waals surface area contributed by atoms with Crippen molar-refractivity contribution in [3.05, 3.63) is 54.2 Å². The molecule has 1 fully saturated rings. The molecule has 3 aromatic rings. The molecule has 1 aromatic heterocycles. The summed E-state index contributed by atoms with van der Waals surface area (Å²) < 4.78 is 5.31. The van der Waals surface area contributed by atoms with Gasteiger partial charge in [-0.1, -0.05) is 18.2 Å². The summed E-state index contributed by atoms with van der Waals surface area (Å²) in [5.74, 6) is -1.02. The number of fused-ring (bicyclic) bond motifs is 1. The third kappa shape index (κ3) is 4.23. The van der Waals surface area contributed by atoms with Crippen LogP contribution in [0.1, 0.15) is 36.7 Å². The van der Waals surface area contributed by atoms with E-state index in [9.17, 15) is 9.59 Å². The first-order valence-corrected chi connectivity index (χ1v) is 9.92. The Morgan fingerprint density at radius 3 is 2.55 bits per heavy atom. The van der Waals surface area contributed by atoms with Crippen LogP contribution in [0.4, 0.5) is 11.4 Å².